The van der Waals surface area contributed by atoms with Gasteiger partial charge in [0.1, 0.15) is 0 Å². The number of fused-ring (bicyclic) bond motifs is 1. The van der Waals surface area contributed by atoms with Gasteiger partial charge in [0.25, 0.3) is 0 Å². The second kappa shape index (κ2) is 4.56. The van der Waals surface area contributed by atoms with Crippen LogP contribution in [0.5, 0.6) is 0 Å². The Morgan fingerprint density at radius 2 is 2.16 bits per heavy atom. The van der Waals surface area contributed by atoms with E-state index >= 15 is 0 Å². The number of hydrogen-bond donors (Lipinski definition) is 1. The molecule has 6 heteroatoms. The first kappa shape index (κ1) is 11.5. The summed E-state index contributed by atoms with van der Waals surface area (Å²) in [5.41, 5.74) is 1.15. The number of hydrogen-bond acceptors (Lipinski definition) is 5. The van der Waals surface area contributed by atoms with Crippen LogP contribution in [0.2, 0.25) is 0 Å². The van der Waals surface area contributed by atoms with Crippen molar-refractivity contribution in [3.05, 3.63) is 47.5 Å². The van der Waals surface area contributed by atoms with Crippen LogP contribution >= 0.6 is 0 Å². The van der Waals surface area contributed by atoms with Crippen molar-refractivity contribution in [2.24, 2.45) is 4.99 Å². The summed E-state index contributed by atoms with van der Waals surface area (Å²) in [7, 11) is 0. The summed E-state index contributed by atoms with van der Waals surface area (Å²) in [6.45, 7) is 1.15. The molecule has 1 N–H and O–H groups in total. The zero-order valence-electron chi connectivity index (χ0n) is 9.98. The highest BCUT2D eigenvalue weighted by Gasteiger charge is 2.22. The monoisotopic (exact) mass is 257 g/mol. The molecule has 0 unspecified atom stereocenters. The third kappa shape index (κ3) is 2.33. The average molecular weight is 257 g/mol. The number of aromatic carboxylic acids is 1. The smallest absolute Gasteiger partial charge is 0.392 e. The highest BCUT2D eigenvalue weighted by Crippen LogP contribution is 2.25. The molecule has 0 aliphatic carbocycles. The molecule has 0 saturated heterocycles. The van der Waals surface area contributed by atoms with E-state index in [2.05, 4.69) is 9.98 Å². The van der Waals surface area contributed by atoms with Crippen molar-refractivity contribution in [2.45, 2.75) is 13.1 Å². The number of aliphatic imine (C=N–C) groups is 1. The fourth-order valence-corrected chi connectivity index (χ4v) is 1.92. The molecular formula is C13H11N3O3. The molecule has 19 heavy (non-hydrogen) atoms. The van der Waals surface area contributed by atoms with E-state index in [-0.39, 0.29) is 5.89 Å². The lowest BCUT2D eigenvalue weighted by molar-refractivity contribution is 0.0650. The quantitative estimate of drug-likeness (QED) is 0.910. The van der Waals surface area contributed by atoms with E-state index in [1.165, 1.54) is 0 Å². The normalized spacial score (nSPS) is 13.4. The summed E-state index contributed by atoms with van der Waals surface area (Å²) in [4.78, 5) is 20.6. The maximum absolute atomic E-state index is 10.8. The molecule has 1 aromatic carbocycles. The van der Waals surface area contributed by atoms with Crippen molar-refractivity contribution in [3.8, 4) is 0 Å². The Morgan fingerprint density at radius 3 is 2.89 bits per heavy atom. The first-order valence-electron chi connectivity index (χ1n) is 5.77. The van der Waals surface area contributed by atoms with Crippen molar-refractivity contribution in [2.75, 3.05) is 0 Å². The molecule has 2 aromatic rings. The SMILES string of the molecule is O=C(O)c1nc2c(o1)CN(Cc1ccccc1)C=N2. The molecule has 1 aromatic heterocycles. The standard InChI is InChI=1S/C13H11N3O3/c17-13(18)12-15-11-10(19-12)7-16(8-14-11)6-9-4-2-1-3-5-9/h1-5,8H,6-7H2,(H,17,18). The van der Waals surface area contributed by atoms with Gasteiger partial charge in [-0.25, -0.2) is 9.79 Å². The fourth-order valence-electron chi connectivity index (χ4n) is 1.92. The zero-order valence-corrected chi connectivity index (χ0v) is 9.98. The van der Waals surface area contributed by atoms with Gasteiger partial charge in [-0.3, -0.25) is 0 Å². The van der Waals surface area contributed by atoms with Crippen LogP contribution in [-0.4, -0.2) is 27.3 Å². The van der Waals surface area contributed by atoms with Gasteiger partial charge in [-0.05, 0) is 5.56 Å². The highest BCUT2D eigenvalue weighted by atomic mass is 16.4. The molecule has 0 saturated carbocycles. The molecule has 2 heterocycles. The fraction of sp³-hybridized carbons (Fsp3) is 0.154. The highest BCUT2D eigenvalue weighted by molar-refractivity contribution is 5.83. The Balaban J connectivity index is 1.77. The first-order chi connectivity index (χ1) is 9.22. The van der Waals surface area contributed by atoms with E-state index in [4.69, 9.17) is 9.52 Å². The number of nitrogens with zero attached hydrogens (tertiary/aromatic N) is 3. The Kier molecular flexibility index (Phi) is 2.75. The second-order valence-electron chi connectivity index (χ2n) is 4.21. The van der Waals surface area contributed by atoms with Gasteiger partial charge in [-0.2, -0.15) is 4.98 Å². The first-order valence-corrected chi connectivity index (χ1v) is 5.77. The van der Waals surface area contributed by atoms with Crippen molar-refractivity contribution < 1.29 is 14.3 Å². The minimum Gasteiger partial charge on any atom is -0.474 e. The topological polar surface area (TPSA) is 78.9 Å². The van der Waals surface area contributed by atoms with Gasteiger partial charge in [-0.1, -0.05) is 30.3 Å². The second-order valence-corrected chi connectivity index (χ2v) is 4.21. The van der Waals surface area contributed by atoms with E-state index in [1.54, 1.807) is 6.34 Å². The van der Waals surface area contributed by atoms with E-state index in [9.17, 15) is 4.79 Å². The average Bonchev–Trinajstić information content (AvgIpc) is 2.83. The molecule has 1 aliphatic rings. The van der Waals surface area contributed by atoms with Crippen LogP contribution in [0.1, 0.15) is 22.0 Å². The van der Waals surface area contributed by atoms with E-state index in [1.807, 2.05) is 35.2 Å². The van der Waals surface area contributed by atoms with Crippen LogP contribution in [0.25, 0.3) is 0 Å². The minimum absolute atomic E-state index is 0.316. The molecule has 6 nitrogen and oxygen atoms in total. The van der Waals surface area contributed by atoms with Gasteiger partial charge >= 0.3 is 11.9 Å². The molecule has 3 rings (SSSR count). The van der Waals surface area contributed by atoms with Gasteiger partial charge in [-0.15, -0.1) is 0 Å². The predicted octanol–water partition coefficient (Wildman–Crippen LogP) is 2.05. The molecule has 1 aliphatic heterocycles. The van der Waals surface area contributed by atoms with Crippen LogP contribution < -0.4 is 0 Å². The molecule has 0 spiro atoms. The maximum Gasteiger partial charge on any atom is 0.392 e. The van der Waals surface area contributed by atoms with Gasteiger partial charge in [0.05, 0.1) is 12.9 Å². The molecule has 96 valence electrons. The predicted molar refractivity (Wildman–Crippen MR) is 67.3 cm³/mol. The maximum atomic E-state index is 10.8. The van der Waals surface area contributed by atoms with Gasteiger partial charge in [0.2, 0.25) is 0 Å². The Morgan fingerprint density at radius 1 is 1.37 bits per heavy atom. The van der Waals surface area contributed by atoms with Gasteiger partial charge in [0.15, 0.2) is 11.6 Å². The van der Waals surface area contributed by atoms with Gasteiger partial charge < -0.3 is 14.4 Å². The summed E-state index contributed by atoms with van der Waals surface area (Å²) in [5.74, 6) is -0.666. The van der Waals surface area contributed by atoms with Crippen LogP contribution in [0, 0.1) is 0 Å². The van der Waals surface area contributed by atoms with Crippen LogP contribution in [0.3, 0.4) is 0 Å². The summed E-state index contributed by atoms with van der Waals surface area (Å²) in [6, 6.07) is 9.94. The zero-order chi connectivity index (χ0) is 13.2. The summed E-state index contributed by atoms with van der Waals surface area (Å²) < 4.78 is 5.17. The number of oxazole rings is 1. The summed E-state index contributed by atoms with van der Waals surface area (Å²) in [5, 5.41) is 8.81. The lowest BCUT2D eigenvalue weighted by Crippen LogP contribution is -2.22. The van der Waals surface area contributed by atoms with Crippen molar-refractivity contribution >= 4 is 18.1 Å². The molecule has 0 radical (unpaired) electrons. The number of carboxylic acid groups (broad SMARTS) is 1. The Hall–Kier alpha value is -2.63. The van der Waals surface area contributed by atoms with Gasteiger partial charge in [0, 0.05) is 6.54 Å². The van der Waals surface area contributed by atoms with Crippen LogP contribution in [0.4, 0.5) is 5.82 Å². The number of carboxylic acids is 1. The Labute approximate surface area is 109 Å². The third-order valence-electron chi connectivity index (χ3n) is 2.78. The lowest BCUT2D eigenvalue weighted by Gasteiger charge is -2.20. The lowest BCUT2D eigenvalue weighted by atomic mass is 10.2. The minimum atomic E-state index is -1.18. The molecule has 0 fully saturated rings. The van der Waals surface area contributed by atoms with Crippen LogP contribution in [0.15, 0.2) is 39.7 Å². The molecule has 0 bridgehead atoms. The summed E-state index contributed by atoms with van der Waals surface area (Å²) >= 11 is 0. The number of carbonyl (C=O) groups is 1. The van der Waals surface area contributed by atoms with E-state index in [0.717, 1.165) is 5.56 Å². The third-order valence-corrected chi connectivity index (χ3v) is 2.78. The largest absolute Gasteiger partial charge is 0.474 e. The summed E-state index contributed by atoms with van der Waals surface area (Å²) in [6.07, 6.45) is 1.66. The molecule has 0 atom stereocenters. The molecular weight excluding hydrogens is 246 g/mol. The van der Waals surface area contributed by atoms with Crippen molar-refractivity contribution in [1.29, 1.82) is 0 Å². The van der Waals surface area contributed by atoms with Crippen molar-refractivity contribution in [3.63, 3.8) is 0 Å². The van der Waals surface area contributed by atoms with Crippen LogP contribution in [-0.2, 0) is 13.1 Å². The van der Waals surface area contributed by atoms with E-state index < -0.39 is 5.97 Å². The number of rotatable bonds is 3. The molecule has 0 amide bonds. The van der Waals surface area contributed by atoms with Crippen molar-refractivity contribution in [1.82, 2.24) is 9.88 Å². The Bertz CT molecular complexity index is 634. The van der Waals surface area contributed by atoms with E-state index in [0.29, 0.717) is 24.7 Å². The number of aromatic nitrogens is 1. The number of benzene rings is 1.